The number of amides is 1. The van der Waals surface area contributed by atoms with E-state index in [4.69, 9.17) is 4.52 Å². The van der Waals surface area contributed by atoms with Crippen molar-refractivity contribution in [1.82, 2.24) is 25.4 Å². The smallest absolute Gasteiger partial charge is 0.227 e. The Morgan fingerprint density at radius 1 is 1.19 bits per heavy atom. The third kappa shape index (κ3) is 4.63. The summed E-state index contributed by atoms with van der Waals surface area (Å²) in [5, 5.41) is 6.94. The molecule has 2 heterocycles. The van der Waals surface area contributed by atoms with Crippen LogP contribution in [-0.2, 0) is 11.2 Å². The summed E-state index contributed by atoms with van der Waals surface area (Å²) < 4.78 is 19.0. The summed E-state index contributed by atoms with van der Waals surface area (Å²) in [5.74, 6) is 1.04. The van der Waals surface area contributed by atoms with Crippen LogP contribution in [0.15, 0.2) is 47.0 Å². The number of carbonyl (C=O) groups is 1. The number of rotatable bonds is 7. The first-order valence-corrected chi connectivity index (χ1v) is 10.2. The zero-order valence-corrected chi connectivity index (χ0v) is 17.6. The molecule has 0 bridgehead atoms. The molecule has 0 radical (unpaired) electrons. The van der Waals surface area contributed by atoms with E-state index in [2.05, 4.69) is 25.4 Å². The first-order chi connectivity index (χ1) is 14.9. The van der Waals surface area contributed by atoms with Crippen molar-refractivity contribution in [3.63, 3.8) is 0 Å². The molecule has 0 aliphatic carbocycles. The van der Waals surface area contributed by atoms with E-state index in [1.807, 2.05) is 38.1 Å². The van der Waals surface area contributed by atoms with Crippen molar-refractivity contribution in [2.75, 3.05) is 0 Å². The molecule has 7 nitrogen and oxygen atoms in total. The largest absolute Gasteiger partial charge is 0.346 e. The molecule has 4 aromatic rings. The van der Waals surface area contributed by atoms with E-state index in [9.17, 15) is 9.18 Å². The van der Waals surface area contributed by atoms with E-state index in [1.54, 1.807) is 19.1 Å². The van der Waals surface area contributed by atoms with E-state index in [1.165, 1.54) is 6.07 Å². The molecule has 0 fully saturated rings. The monoisotopic (exact) mass is 421 g/mol. The lowest BCUT2D eigenvalue weighted by molar-refractivity contribution is -0.122. The number of aryl methyl sites for hydroxylation is 2. The highest BCUT2D eigenvalue weighted by Crippen LogP contribution is 2.23. The Bertz CT molecular complexity index is 1180. The van der Waals surface area contributed by atoms with E-state index in [0.29, 0.717) is 22.8 Å². The second-order valence-corrected chi connectivity index (χ2v) is 7.90. The maximum atomic E-state index is 13.8. The molecule has 1 atom stereocenters. The number of hydrogen-bond acceptors (Lipinski definition) is 5. The van der Waals surface area contributed by atoms with Crippen LogP contribution in [0.5, 0.6) is 0 Å². The Morgan fingerprint density at radius 3 is 2.74 bits per heavy atom. The van der Waals surface area contributed by atoms with Gasteiger partial charge in [0.25, 0.3) is 0 Å². The fourth-order valence-corrected chi connectivity index (χ4v) is 3.34. The van der Waals surface area contributed by atoms with Gasteiger partial charge in [-0.05, 0) is 36.6 Å². The number of aromatic amines is 1. The van der Waals surface area contributed by atoms with Crippen molar-refractivity contribution in [2.45, 2.75) is 39.7 Å². The lowest BCUT2D eigenvalue weighted by Gasteiger charge is -2.20. The number of para-hydroxylation sites is 2. The van der Waals surface area contributed by atoms with Crippen molar-refractivity contribution in [2.24, 2.45) is 5.92 Å². The van der Waals surface area contributed by atoms with Crippen molar-refractivity contribution in [1.29, 1.82) is 0 Å². The second kappa shape index (κ2) is 8.67. The highest BCUT2D eigenvalue weighted by Gasteiger charge is 2.22. The minimum atomic E-state index is -0.325. The molecule has 160 valence electrons. The first kappa shape index (κ1) is 20.7. The molecule has 0 aliphatic heterocycles. The molecule has 0 aliphatic rings. The molecule has 8 heteroatoms. The number of aromatic nitrogens is 4. The van der Waals surface area contributed by atoms with Gasteiger partial charge in [-0.2, -0.15) is 4.98 Å². The Hall–Kier alpha value is -3.55. The van der Waals surface area contributed by atoms with E-state index >= 15 is 0 Å². The van der Waals surface area contributed by atoms with E-state index in [-0.39, 0.29) is 36.5 Å². The number of halogens is 1. The third-order valence-corrected chi connectivity index (χ3v) is 5.15. The van der Waals surface area contributed by atoms with Crippen LogP contribution >= 0.6 is 0 Å². The third-order valence-electron chi connectivity index (χ3n) is 5.15. The minimum Gasteiger partial charge on any atom is -0.346 e. The number of hydrogen-bond donors (Lipinski definition) is 2. The summed E-state index contributed by atoms with van der Waals surface area (Å²) in [6.45, 7) is 5.75. The molecular formula is C23H24FN5O2. The zero-order valence-electron chi connectivity index (χ0n) is 17.6. The van der Waals surface area contributed by atoms with Crippen LogP contribution in [0.4, 0.5) is 4.39 Å². The van der Waals surface area contributed by atoms with Crippen LogP contribution in [-0.4, -0.2) is 26.0 Å². The lowest BCUT2D eigenvalue weighted by Crippen LogP contribution is -2.32. The predicted octanol–water partition coefficient (Wildman–Crippen LogP) is 4.51. The number of benzene rings is 2. The zero-order chi connectivity index (χ0) is 22.0. The van der Waals surface area contributed by atoms with Gasteiger partial charge < -0.3 is 14.8 Å². The van der Waals surface area contributed by atoms with Crippen LogP contribution in [0.3, 0.4) is 0 Å². The average molecular weight is 421 g/mol. The van der Waals surface area contributed by atoms with Gasteiger partial charge >= 0.3 is 0 Å². The van der Waals surface area contributed by atoms with Gasteiger partial charge in [0.2, 0.25) is 17.6 Å². The van der Waals surface area contributed by atoms with Crippen molar-refractivity contribution in [3.8, 4) is 11.4 Å². The number of nitrogens with zero attached hydrogens (tertiary/aromatic N) is 3. The van der Waals surface area contributed by atoms with Gasteiger partial charge in [-0.3, -0.25) is 4.79 Å². The van der Waals surface area contributed by atoms with Gasteiger partial charge in [-0.15, -0.1) is 0 Å². The number of carbonyl (C=O) groups excluding carboxylic acids is 1. The fraction of sp³-hybridized carbons (Fsp3) is 0.304. The molecule has 2 aromatic heterocycles. The normalized spacial score (nSPS) is 12.4. The second-order valence-electron chi connectivity index (χ2n) is 7.90. The SMILES string of the molecule is Cc1ccc(-c2noc(CCC(=O)NC(c3nc4ccccc4[nH]3)C(C)C)n2)cc1F. The van der Waals surface area contributed by atoms with Crippen molar-refractivity contribution in [3.05, 3.63) is 65.6 Å². The van der Waals surface area contributed by atoms with Crippen LogP contribution in [0.25, 0.3) is 22.4 Å². The van der Waals surface area contributed by atoms with Crippen LogP contribution < -0.4 is 5.32 Å². The molecule has 31 heavy (non-hydrogen) atoms. The molecular weight excluding hydrogens is 397 g/mol. The van der Waals surface area contributed by atoms with Gasteiger partial charge in [-0.1, -0.05) is 43.3 Å². The Balaban J connectivity index is 1.40. The maximum absolute atomic E-state index is 13.8. The standard InChI is InChI=1S/C23H24FN5O2/c1-13(2)21(23-25-17-6-4-5-7-18(17)26-23)27-19(30)10-11-20-28-22(29-31-20)15-9-8-14(3)16(24)12-15/h4-9,12-13,21H,10-11H2,1-3H3,(H,25,26)(H,27,30). The number of fused-ring (bicyclic) bond motifs is 1. The molecule has 0 saturated heterocycles. The van der Waals surface area contributed by atoms with Crippen LogP contribution in [0, 0.1) is 18.7 Å². The highest BCUT2D eigenvalue weighted by molar-refractivity contribution is 5.77. The predicted molar refractivity (Wildman–Crippen MR) is 115 cm³/mol. The molecule has 0 saturated carbocycles. The van der Waals surface area contributed by atoms with Gasteiger partial charge in [-0.25, -0.2) is 9.37 Å². The van der Waals surface area contributed by atoms with Gasteiger partial charge in [0.05, 0.1) is 17.1 Å². The Morgan fingerprint density at radius 2 is 2.00 bits per heavy atom. The van der Waals surface area contributed by atoms with E-state index in [0.717, 1.165) is 16.9 Å². The number of nitrogens with one attached hydrogen (secondary N) is 2. The van der Waals surface area contributed by atoms with E-state index < -0.39 is 0 Å². The van der Waals surface area contributed by atoms with Crippen molar-refractivity contribution >= 4 is 16.9 Å². The minimum absolute atomic E-state index is 0.139. The summed E-state index contributed by atoms with van der Waals surface area (Å²) in [5.41, 5.74) is 2.88. The average Bonchev–Trinajstić information content (AvgIpc) is 3.39. The number of imidazole rings is 1. The topological polar surface area (TPSA) is 96.7 Å². The first-order valence-electron chi connectivity index (χ1n) is 10.2. The molecule has 4 rings (SSSR count). The maximum Gasteiger partial charge on any atom is 0.227 e. The van der Waals surface area contributed by atoms with Gasteiger partial charge in [0.15, 0.2) is 0 Å². The van der Waals surface area contributed by atoms with Gasteiger partial charge in [0, 0.05) is 18.4 Å². The molecule has 0 spiro atoms. The summed E-state index contributed by atoms with van der Waals surface area (Å²) in [6.07, 6.45) is 0.478. The van der Waals surface area contributed by atoms with Crippen LogP contribution in [0.1, 0.15) is 43.6 Å². The summed E-state index contributed by atoms with van der Waals surface area (Å²) >= 11 is 0. The summed E-state index contributed by atoms with van der Waals surface area (Å²) in [4.78, 5) is 24.8. The highest BCUT2D eigenvalue weighted by atomic mass is 19.1. The molecule has 2 aromatic carbocycles. The van der Waals surface area contributed by atoms with Crippen LogP contribution in [0.2, 0.25) is 0 Å². The summed E-state index contributed by atoms with van der Waals surface area (Å²) in [7, 11) is 0. The van der Waals surface area contributed by atoms with Crippen molar-refractivity contribution < 1.29 is 13.7 Å². The molecule has 2 N–H and O–H groups in total. The lowest BCUT2D eigenvalue weighted by atomic mass is 10.0. The van der Waals surface area contributed by atoms with Gasteiger partial charge in [0.1, 0.15) is 11.6 Å². The Labute approximate surface area is 179 Å². The molecule has 1 unspecified atom stereocenters. The fourth-order valence-electron chi connectivity index (χ4n) is 3.34. The molecule has 1 amide bonds. The Kier molecular flexibility index (Phi) is 5.79. The quantitative estimate of drug-likeness (QED) is 0.458. The summed E-state index contributed by atoms with van der Waals surface area (Å²) in [6, 6.07) is 12.3. The number of H-pyrrole nitrogens is 1.